The monoisotopic (exact) mass is 399 g/mol. The molecule has 0 amide bonds. The highest BCUT2D eigenvalue weighted by atomic mass is 35.5. The summed E-state index contributed by atoms with van der Waals surface area (Å²) in [6.07, 6.45) is 3.86. The van der Waals surface area contributed by atoms with Gasteiger partial charge in [-0.05, 0) is 49.1 Å². The Balaban J connectivity index is 1.60. The maximum Gasteiger partial charge on any atom is 0.191 e. The van der Waals surface area contributed by atoms with Gasteiger partial charge in [-0.25, -0.2) is 0 Å². The van der Waals surface area contributed by atoms with Crippen LogP contribution in [0.5, 0.6) is 0 Å². The van der Waals surface area contributed by atoms with E-state index in [4.69, 9.17) is 16.3 Å². The third-order valence-electron chi connectivity index (χ3n) is 4.68. The highest BCUT2D eigenvalue weighted by Crippen LogP contribution is 2.28. The van der Waals surface area contributed by atoms with Crippen molar-refractivity contribution < 1.29 is 4.74 Å². The van der Waals surface area contributed by atoms with Crippen LogP contribution in [-0.2, 0) is 11.3 Å². The van der Waals surface area contributed by atoms with Crippen molar-refractivity contribution in [3.63, 3.8) is 0 Å². The van der Waals surface area contributed by atoms with E-state index in [0.29, 0.717) is 6.10 Å². The normalized spacial score (nSPS) is 17.1. The largest absolute Gasteiger partial charge is 0.377 e. The fourth-order valence-corrected chi connectivity index (χ4v) is 4.35. The number of thioether (sulfide) groups is 1. The molecule has 0 saturated carbocycles. The van der Waals surface area contributed by atoms with Crippen LogP contribution in [-0.4, -0.2) is 33.2 Å². The van der Waals surface area contributed by atoms with E-state index in [1.807, 2.05) is 30.3 Å². The Kier molecular flexibility index (Phi) is 6.12. The summed E-state index contributed by atoms with van der Waals surface area (Å²) < 4.78 is 8.06. The highest BCUT2D eigenvalue weighted by molar-refractivity contribution is 7.99. The van der Waals surface area contributed by atoms with E-state index >= 15 is 0 Å². The van der Waals surface area contributed by atoms with Crippen molar-refractivity contribution in [3.8, 4) is 11.4 Å². The second kappa shape index (κ2) is 8.91. The molecule has 2 aromatic carbocycles. The van der Waals surface area contributed by atoms with Crippen LogP contribution < -0.4 is 0 Å². The molecule has 1 fully saturated rings. The lowest BCUT2D eigenvalue weighted by molar-refractivity contribution is 0.0315. The van der Waals surface area contributed by atoms with Crippen LogP contribution in [0.25, 0.3) is 11.4 Å². The molecule has 0 radical (unpaired) electrons. The second-order valence-corrected chi connectivity index (χ2v) is 8.11. The van der Waals surface area contributed by atoms with Gasteiger partial charge in [-0.2, -0.15) is 0 Å². The average Bonchev–Trinajstić information content (AvgIpc) is 3.11. The van der Waals surface area contributed by atoms with E-state index in [1.54, 1.807) is 11.8 Å². The molecule has 1 aliphatic rings. The molecule has 0 aliphatic carbocycles. The molecular weight excluding hydrogens is 378 g/mol. The van der Waals surface area contributed by atoms with Gasteiger partial charge in [0, 0.05) is 22.9 Å². The van der Waals surface area contributed by atoms with E-state index in [9.17, 15) is 0 Å². The summed E-state index contributed by atoms with van der Waals surface area (Å²) in [5, 5.41) is 10.6. The first kappa shape index (κ1) is 18.5. The summed E-state index contributed by atoms with van der Waals surface area (Å²) >= 11 is 7.78. The minimum atomic E-state index is 0.310. The lowest BCUT2D eigenvalue weighted by Crippen LogP contribution is -2.21. The molecule has 1 saturated heterocycles. The van der Waals surface area contributed by atoms with Gasteiger partial charge in [-0.1, -0.05) is 53.7 Å². The Morgan fingerprint density at radius 1 is 1.04 bits per heavy atom. The number of nitrogens with zero attached hydrogens (tertiary/aromatic N) is 3. The van der Waals surface area contributed by atoms with Crippen LogP contribution in [0, 0.1) is 0 Å². The Labute approximate surface area is 168 Å². The van der Waals surface area contributed by atoms with E-state index in [0.717, 1.165) is 46.9 Å². The number of aromatic nitrogens is 3. The van der Waals surface area contributed by atoms with Gasteiger partial charge in [-0.3, -0.25) is 4.57 Å². The minimum Gasteiger partial charge on any atom is -0.377 e. The predicted molar refractivity (Wildman–Crippen MR) is 110 cm³/mol. The predicted octanol–water partition coefficient (Wildman–Crippen LogP) is 5.31. The number of benzene rings is 2. The van der Waals surface area contributed by atoms with Crippen LogP contribution in [0.1, 0.15) is 24.8 Å². The summed E-state index contributed by atoms with van der Waals surface area (Å²) in [6.45, 7) is 1.61. The molecule has 0 unspecified atom stereocenters. The number of halogens is 1. The Morgan fingerprint density at radius 2 is 1.85 bits per heavy atom. The van der Waals surface area contributed by atoms with E-state index in [2.05, 4.69) is 39.0 Å². The van der Waals surface area contributed by atoms with Crippen LogP contribution >= 0.6 is 23.4 Å². The van der Waals surface area contributed by atoms with E-state index in [-0.39, 0.29) is 0 Å². The second-order valence-electron chi connectivity index (χ2n) is 6.68. The molecule has 0 spiro atoms. The van der Waals surface area contributed by atoms with Crippen molar-refractivity contribution >= 4 is 23.4 Å². The Morgan fingerprint density at radius 3 is 2.59 bits per heavy atom. The first-order chi connectivity index (χ1) is 13.3. The third kappa shape index (κ3) is 4.72. The molecule has 0 N–H and O–H groups in total. The SMILES string of the molecule is Clc1ccc(-c2nnc(SC[C@@H]3CCCCO3)n2Cc2ccccc2)cc1. The van der Waals surface area contributed by atoms with Crippen molar-refractivity contribution in [2.75, 3.05) is 12.4 Å². The zero-order valence-electron chi connectivity index (χ0n) is 15.1. The van der Waals surface area contributed by atoms with Crippen LogP contribution in [0.3, 0.4) is 0 Å². The number of hydrogen-bond acceptors (Lipinski definition) is 4. The van der Waals surface area contributed by atoms with Crippen molar-refractivity contribution in [3.05, 3.63) is 65.2 Å². The highest BCUT2D eigenvalue weighted by Gasteiger charge is 2.19. The molecule has 4 nitrogen and oxygen atoms in total. The first-order valence-electron chi connectivity index (χ1n) is 9.27. The molecule has 1 aliphatic heterocycles. The fourth-order valence-electron chi connectivity index (χ4n) is 3.22. The molecule has 140 valence electrons. The lowest BCUT2D eigenvalue weighted by atomic mass is 10.1. The van der Waals surface area contributed by atoms with Gasteiger partial charge in [0.05, 0.1) is 12.6 Å². The maximum atomic E-state index is 6.05. The molecule has 3 aromatic rings. The van der Waals surface area contributed by atoms with Gasteiger partial charge in [0.15, 0.2) is 11.0 Å². The molecule has 1 atom stereocenters. The maximum absolute atomic E-state index is 6.05. The van der Waals surface area contributed by atoms with Crippen LogP contribution in [0.4, 0.5) is 0 Å². The number of rotatable bonds is 6. The van der Waals surface area contributed by atoms with E-state index < -0.39 is 0 Å². The molecule has 4 rings (SSSR count). The molecule has 0 bridgehead atoms. The Hall–Kier alpha value is -1.82. The third-order valence-corrected chi connectivity index (χ3v) is 6.03. The fraction of sp³-hybridized carbons (Fsp3) is 0.333. The summed E-state index contributed by atoms with van der Waals surface area (Å²) in [4.78, 5) is 0. The molecular formula is C21H22ClN3OS. The summed E-state index contributed by atoms with van der Waals surface area (Å²) in [5.74, 6) is 1.77. The topological polar surface area (TPSA) is 39.9 Å². The van der Waals surface area contributed by atoms with Gasteiger partial charge < -0.3 is 4.74 Å². The smallest absolute Gasteiger partial charge is 0.191 e. The van der Waals surface area contributed by atoms with Crippen LogP contribution in [0.15, 0.2) is 59.8 Å². The van der Waals surface area contributed by atoms with Gasteiger partial charge in [0.1, 0.15) is 0 Å². The number of ether oxygens (including phenoxy) is 1. The quantitative estimate of drug-likeness (QED) is 0.527. The average molecular weight is 400 g/mol. The zero-order valence-corrected chi connectivity index (χ0v) is 16.6. The first-order valence-corrected chi connectivity index (χ1v) is 10.6. The van der Waals surface area contributed by atoms with Gasteiger partial charge in [0.25, 0.3) is 0 Å². The summed E-state index contributed by atoms with van der Waals surface area (Å²) in [5.41, 5.74) is 2.24. The van der Waals surface area contributed by atoms with E-state index in [1.165, 1.54) is 18.4 Å². The summed E-state index contributed by atoms with van der Waals surface area (Å²) in [7, 11) is 0. The van der Waals surface area contributed by atoms with Crippen molar-refractivity contribution in [1.29, 1.82) is 0 Å². The zero-order chi connectivity index (χ0) is 18.5. The lowest BCUT2D eigenvalue weighted by Gasteiger charge is -2.22. The van der Waals surface area contributed by atoms with Gasteiger partial charge >= 0.3 is 0 Å². The molecule has 27 heavy (non-hydrogen) atoms. The van der Waals surface area contributed by atoms with Crippen LogP contribution in [0.2, 0.25) is 5.02 Å². The van der Waals surface area contributed by atoms with Gasteiger partial charge in [-0.15, -0.1) is 10.2 Å². The number of hydrogen-bond donors (Lipinski definition) is 0. The minimum absolute atomic E-state index is 0.310. The van der Waals surface area contributed by atoms with Crippen molar-refractivity contribution in [2.24, 2.45) is 0 Å². The Bertz CT molecular complexity index is 861. The molecule has 6 heteroatoms. The molecule has 2 heterocycles. The van der Waals surface area contributed by atoms with Crippen molar-refractivity contribution in [1.82, 2.24) is 14.8 Å². The standard InChI is InChI=1S/C21H22ClN3OS/c22-18-11-9-17(10-12-18)20-23-24-21(27-15-19-8-4-5-13-26-19)25(20)14-16-6-2-1-3-7-16/h1-3,6-7,9-12,19H,4-5,8,13-15H2/t19-/m0/s1. The van der Waals surface area contributed by atoms with Gasteiger partial charge in [0.2, 0.25) is 0 Å². The van der Waals surface area contributed by atoms with Crippen molar-refractivity contribution in [2.45, 2.75) is 37.1 Å². The molecule has 1 aromatic heterocycles. The summed E-state index contributed by atoms with van der Waals surface area (Å²) in [6, 6.07) is 18.2.